The highest BCUT2D eigenvalue weighted by atomic mass is 15.2. The van der Waals surface area contributed by atoms with E-state index in [0.717, 1.165) is 22.4 Å². The Morgan fingerprint density at radius 1 is 1.10 bits per heavy atom. The van der Waals surface area contributed by atoms with Gasteiger partial charge in [0.15, 0.2) is 17.0 Å². The zero-order valence-electron chi connectivity index (χ0n) is 18.9. The van der Waals surface area contributed by atoms with Crippen molar-refractivity contribution < 1.29 is 0 Å². The summed E-state index contributed by atoms with van der Waals surface area (Å²) in [6.07, 6.45) is 3.73. The van der Waals surface area contributed by atoms with E-state index in [9.17, 15) is 0 Å². The molecule has 2 N–H and O–H groups in total. The summed E-state index contributed by atoms with van der Waals surface area (Å²) in [6.45, 7) is 15.0. The van der Waals surface area contributed by atoms with E-state index in [1.807, 2.05) is 26.4 Å². The highest BCUT2D eigenvalue weighted by molar-refractivity contribution is 5.84. The molecule has 0 fully saturated rings. The lowest BCUT2D eigenvalue weighted by atomic mass is 10.1. The molecule has 0 aliphatic carbocycles. The van der Waals surface area contributed by atoms with Crippen LogP contribution in [0.5, 0.6) is 0 Å². The second-order valence-corrected chi connectivity index (χ2v) is 8.18. The molecule has 3 aromatic rings. The van der Waals surface area contributed by atoms with E-state index in [2.05, 4.69) is 77.7 Å². The van der Waals surface area contributed by atoms with Crippen molar-refractivity contribution in [3.05, 3.63) is 35.4 Å². The van der Waals surface area contributed by atoms with Gasteiger partial charge >= 0.3 is 0 Å². The second kappa shape index (κ2) is 9.12. The van der Waals surface area contributed by atoms with Crippen molar-refractivity contribution >= 4 is 22.9 Å². The first-order chi connectivity index (χ1) is 14.3. The number of anilines is 2. The quantitative estimate of drug-likeness (QED) is 0.564. The molecule has 7 nitrogen and oxygen atoms in total. The fourth-order valence-electron chi connectivity index (χ4n) is 3.24. The predicted molar refractivity (Wildman–Crippen MR) is 122 cm³/mol. The van der Waals surface area contributed by atoms with Gasteiger partial charge in [0.1, 0.15) is 0 Å². The maximum atomic E-state index is 4.76. The molecule has 0 saturated carbocycles. The Morgan fingerprint density at radius 3 is 2.50 bits per heavy atom. The monoisotopic (exact) mass is 405 g/mol. The largest absolute Gasteiger partial charge is 0.364 e. The predicted octanol–water partition coefficient (Wildman–Crippen LogP) is 4.49. The van der Waals surface area contributed by atoms with Crippen LogP contribution in [0, 0.1) is 31.6 Å². The molecule has 1 atom stereocenters. The number of hydrogen-bond donors (Lipinski definition) is 2. The molecule has 7 heteroatoms. The summed E-state index contributed by atoms with van der Waals surface area (Å²) in [5.74, 6) is 7.78. The Hall–Kier alpha value is -3.14. The average Bonchev–Trinajstić information content (AvgIpc) is 3.11. The summed E-state index contributed by atoms with van der Waals surface area (Å²) >= 11 is 0. The minimum absolute atomic E-state index is 0.0285. The first-order valence-corrected chi connectivity index (χ1v) is 10.4. The number of aromatic nitrogens is 5. The number of nitrogens with one attached hydrogen (secondary N) is 2. The summed E-state index contributed by atoms with van der Waals surface area (Å²) in [5, 5.41) is 6.84. The van der Waals surface area contributed by atoms with Crippen LogP contribution in [0.2, 0.25) is 0 Å². The van der Waals surface area contributed by atoms with Gasteiger partial charge in [0.2, 0.25) is 5.95 Å². The number of rotatable bonds is 7. The van der Waals surface area contributed by atoms with Gasteiger partial charge in [0.25, 0.3) is 0 Å². The van der Waals surface area contributed by atoms with Crippen LogP contribution in [0.25, 0.3) is 11.2 Å². The fourth-order valence-corrected chi connectivity index (χ4v) is 3.24. The Labute approximate surface area is 178 Å². The zero-order chi connectivity index (χ0) is 21.8. The van der Waals surface area contributed by atoms with Gasteiger partial charge in [-0.25, -0.2) is 4.98 Å². The number of hydrogen-bond acceptors (Lipinski definition) is 6. The molecule has 0 radical (unpaired) electrons. The van der Waals surface area contributed by atoms with E-state index in [1.54, 1.807) is 0 Å². The zero-order valence-corrected chi connectivity index (χ0v) is 18.9. The molecule has 3 rings (SSSR count). The Morgan fingerprint density at radius 2 is 1.87 bits per heavy atom. The molecule has 0 aliphatic heterocycles. The lowest BCUT2D eigenvalue weighted by Crippen LogP contribution is -2.25. The topological polar surface area (TPSA) is 80.5 Å². The number of nitrogens with zero attached hydrogens (tertiary/aromatic N) is 5. The Balaban J connectivity index is 1.99. The second-order valence-electron chi connectivity index (χ2n) is 8.18. The molecule has 0 amide bonds. The van der Waals surface area contributed by atoms with E-state index >= 15 is 0 Å². The van der Waals surface area contributed by atoms with Crippen molar-refractivity contribution in [2.45, 2.75) is 67.1 Å². The number of imidazole rings is 1. The summed E-state index contributed by atoms with van der Waals surface area (Å²) < 4.78 is 2.06. The molecule has 3 aromatic heterocycles. The third-order valence-corrected chi connectivity index (χ3v) is 5.03. The fraction of sp³-hybridized carbons (Fsp3) is 0.478. The molecule has 0 aliphatic rings. The van der Waals surface area contributed by atoms with Crippen molar-refractivity contribution in [3.63, 3.8) is 0 Å². The molecular formula is C23H31N7. The van der Waals surface area contributed by atoms with Crippen LogP contribution in [0.15, 0.2) is 18.6 Å². The van der Waals surface area contributed by atoms with Gasteiger partial charge in [-0.2, -0.15) is 9.97 Å². The number of pyridine rings is 1. The molecule has 30 heavy (non-hydrogen) atoms. The van der Waals surface area contributed by atoms with Crippen LogP contribution in [0.4, 0.5) is 11.8 Å². The SMILES string of the molecule is CC#C[C@H](Nc1nc(NCc2cnc(C)cc2C)c2ncn(C(C)C)c2n1)C(C)C. The van der Waals surface area contributed by atoms with Crippen LogP contribution >= 0.6 is 0 Å². The maximum Gasteiger partial charge on any atom is 0.227 e. The van der Waals surface area contributed by atoms with Crippen LogP contribution in [0.3, 0.4) is 0 Å². The summed E-state index contributed by atoms with van der Waals surface area (Å²) in [7, 11) is 0. The first kappa shape index (κ1) is 21.6. The average molecular weight is 406 g/mol. The number of fused-ring (bicyclic) bond motifs is 1. The highest BCUT2D eigenvalue weighted by Crippen LogP contribution is 2.25. The normalized spacial score (nSPS) is 12.2. The number of aryl methyl sites for hydroxylation is 2. The van der Waals surface area contributed by atoms with Gasteiger partial charge in [-0.1, -0.05) is 19.8 Å². The molecule has 0 saturated heterocycles. The third-order valence-electron chi connectivity index (χ3n) is 5.03. The first-order valence-electron chi connectivity index (χ1n) is 10.4. The van der Waals surface area contributed by atoms with E-state index < -0.39 is 0 Å². The van der Waals surface area contributed by atoms with Gasteiger partial charge in [-0.15, -0.1) is 5.92 Å². The molecule has 0 unspecified atom stereocenters. The van der Waals surface area contributed by atoms with Gasteiger partial charge < -0.3 is 15.2 Å². The standard InChI is InChI=1S/C23H31N7/c1-8-9-19(14(2)3)27-23-28-21(20-22(29-23)30(13-26-20)15(4)5)25-12-18-11-24-17(7)10-16(18)6/h10-11,13-15,19H,12H2,1-7H3,(H2,25,27,28,29)/t19-/m0/s1. The lowest BCUT2D eigenvalue weighted by Gasteiger charge is -2.18. The molecule has 0 aromatic carbocycles. The van der Waals surface area contributed by atoms with Crippen LogP contribution in [0.1, 0.15) is 57.5 Å². The minimum atomic E-state index is -0.0285. The van der Waals surface area contributed by atoms with E-state index in [1.165, 1.54) is 5.56 Å². The van der Waals surface area contributed by atoms with E-state index in [-0.39, 0.29) is 12.1 Å². The van der Waals surface area contributed by atoms with Crippen molar-refractivity contribution in [2.75, 3.05) is 10.6 Å². The Bertz CT molecular complexity index is 1090. The summed E-state index contributed by atoms with van der Waals surface area (Å²) in [4.78, 5) is 18.5. The molecule has 0 spiro atoms. The highest BCUT2D eigenvalue weighted by Gasteiger charge is 2.18. The molecule has 3 heterocycles. The van der Waals surface area contributed by atoms with Crippen molar-refractivity contribution in [2.24, 2.45) is 5.92 Å². The van der Waals surface area contributed by atoms with E-state index in [0.29, 0.717) is 24.2 Å². The van der Waals surface area contributed by atoms with Gasteiger partial charge in [0, 0.05) is 24.5 Å². The van der Waals surface area contributed by atoms with Crippen LogP contribution < -0.4 is 10.6 Å². The summed E-state index contributed by atoms with van der Waals surface area (Å²) in [5.41, 5.74) is 4.90. The van der Waals surface area contributed by atoms with Gasteiger partial charge in [0.05, 0.1) is 12.4 Å². The van der Waals surface area contributed by atoms with Crippen molar-refractivity contribution in [3.8, 4) is 11.8 Å². The van der Waals surface area contributed by atoms with Crippen molar-refractivity contribution in [1.82, 2.24) is 24.5 Å². The summed E-state index contributed by atoms with van der Waals surface area (Å²) in [6, 6.07) is 2.30. The van der Waals surface area contributed by atoms with Crippen LogP contribution in [-0.2, 0) is 6.54 Å². The van der Waals surface area contributed by atoms with Gasteiger partial charge in [-0.3, -0.25) is 4.98 Å². The lowest BCUT2D eigenvalue weighted by molar-refractivity contribution is 0.605. The molecule has 0 bridgehead atoms. The Kier molecular flexibility index (Phi) is 6.56. The third kappa shape index (κ3) is 4.70. The van der Waals surface area contributed by atoms with Gasteiger partial charge in [-0.05, 0) is 57.7 Å². The van der Waals surface area contributed by atoms with Crippen molar-refractivity contribution in [1.29, 1.82) is 0 Å². The van der Waals surface area contributed by atoms with E-state index in [4.69, 9.17) is 9.97 Å². The smallest absolute Gasteiger partial charge is 0.227 e. The van der Waals surface area contributed by atoms with Crippen LogP contribution in [-0.4, -0.2) is 30.5 Å². The molecular weight excluding hydrogens is 374 g/mol. The molecule has 158 valence electrons. The maximum absolute atomic E-state index is 4.76. The minimum Gasteiger partial charge on any atom is -0.364 e.